The average molecular weight is 345 g/mol. The lowest BCUT2D eigenvalue weighted by Crippen LogP contribution is -2.24. The van der Waals surface area contributed by atoms with E-state index in [2.05, 4.69) is 4.99 Å². The number of carbonyl (C=O) groups is 1. The van der Waals surface area contributed by atoms with Crippen molar-refractivity contribution in [1.82, 2.24) is 0 Å². The molecule has 1 unspecified atom stereocenters. The lowest BCUT2D eigenvalue weighted by Gasteiger charge is -2.28. The van der Waals surface area contributed by atoms with Gasteiger partial charge < -0.3 is 4.74 Å². The third-order valence-corrected chi connectivity index (χ3v) is 4.42. The summed E-state index contributed by atoms with van der Waals surface area (Å²) < 4.78 is 5.75. The smallest absolute Gasteiger partial charge is 0.291 e. The van der Waals surface area contributed by atoms with Gasteiger partial charge in [-0.2, -0.15) is 10.3 Å². The van der Waals surface area contributed by atoms with Gasteiger partial charge in [0, 0.05) is 23.6 Å². The molecule has 0 fully saturated rings. The first-order valence-electron chi connectivity index (χ1n) is 7.80. The lowest BCUT2D eigenvalue weighted by molar-refractivity contribution is -0.384. The molecule has 7 nitrogen and oxygen atoms in total. The van der Waals surface area contributed by atoms with Gasteiger partial charge in [0.1, 0.15) is 17.4 Å². The summed E-state index contributed by atoms with van der Waals surface area (Å²) in [5.41, 5.74) is 2.48. The van der Waals surface area contributed by atoms with Crippen molar-refractivity contribution in [2.75, 3.05) is 0 Å². The van der Waals surface area contributed by atoms with E-state index in [1.165, 1.54) is 12.1 Å². The molecule has 0 saturated carbocycles. The number of ether oxygens (including phenoxy) is 1. The Morgan fingerprint density at radius 1 is 1.27 bits per heavy atom. The lowest BCUT2D eigenvalue weighted by atomic mass is 9.80. The van der Waals surface area contributed by atoms with E-state index in [0.717, 1.165) is 11.1 Å². The Bertz CT molecular complexity index is 1090. The maximum atomic E-state index is 12.1. The second-order valence-electron chi connectivity index (χ2n) is 6.05. The molecule has 26 heavy (non-hydrogen) atoms. The summed E-state index contributed by atoms with van der Waals surface area (Å²) in [6.07, 6.45) is 0. The maximum absolute atomic E-state index is 12.1. The molecular formula is C19H11N3O4. The molecule has 0 radical (unpaired) electrons. The summed E-state index contributed by atoms with van der Waals surface area (Å²) in [5.74, 6) is -0.589. The SMILES string of the molecule is Cc1ccc2c(c1)OC1=NC(=O)C(C#N)=C1C2c1cccc([N+](=O)[O-])c1. The van der Waals surface area contributed by atoms with Crippen molar-refractivity contribution in [3.63, 3.8) is 0 Å². The molecule has 0 spiro atoms. The van der Waals surface area contributed by atoms with Crippen LogP contribution in [-0.4, -0.2) is 16.7 Å². The fourth-order valence-electron chi connectivity index (χ4n) is 3.28. The van der Waals surface area contributed by atoms with E-state index in [4.69, 9.17) is 4.74 Å². The van der Waals surface area contributed by atoms with Gasteiger partial charge in [0.05, 0.1) is 10.5 Å². The minimum absolute atomic E-state index is 0.0652. The quantitative estimate of drug-likeness (QED) is 0.614. The number of benzene rings is 2. The van der Waals surface area contributed by atoms with Gasteiger partial charge in [0.15, 0.2) is 0 Å². The molecule has 7 heteroatoms. The highest BCUT2D eigenvalue weighted by molar-refractivity contribution is 6.20. The Morgan fingerprint density at radius 3 is 2.81 bits per heavy atom. The zero-order valence-corrected chi connectivity index (χ0v) is 13.6. The molecule has 1 atom stereocenters. The van der Waals surface area contributed by atoms with E-state index in [1.807, 2.05) is 31.2 Å². The number of hydrogen-bond donors (Lipinski definition) is 0. The number of non-ortho nitro benzene ring substituents is 1. The molecule has 4 rings (SSSR count). The number of nitrogens with zero attached hydrogens (tertiary/aromatic N) is 3. The molecule has 2 heterocycles. The standard InChI is InChI=1S/C19H11N3O4/c1-10-5-6-13-15(7-10)26-19-17(14(9-20)18(23)21-19)16(13)11-3-2-4-12(8-11)22(24)25/h2-8,16H,1H3. The summed E-state index contributed by atoms with van der Waals surface area (Å²) >= 11 is 0. The molecule has 0 aromatic heterocycles. The Kier molecular flexibility index (Phi) is 3.41. The molecule has 2 aliphatic heterocycles. The number of nitro benzene ring substituents is 1. The molecule has 126 valence electrons. The van der Waals surface area contributed by atoms with E-state index in [-0.39, 0.29) is 17.2 Å². The van der Waals surface area contributed by atoms with Crippen LogP contribution in [0.1, 0.15) is 22.6 Å². The van der Waals surface area contributed by atoms with Crippen molar-refractivity contribution >= 4 is 17.5 Å². The number of nitro groups is 1. The first-order valence-corrected chi connectivity index (χ1v) is 7.80. The van der Waals surface area contributed by atoms with Gasteiger partial charge in [-0.1, -0.05) is 24.3 Å². The first-order chi connectivity index (χ1) is 12.5. The molecule has 2 aromatic carbocycles. The highest BCUT2D eigenvalue weighted by atomic mass is 16.6. The van der Waals surface area contributed by atoms with Crippen LogP contribution in [0.15, 0.2) is 58.6 Å². The maximum Gasteiger partial charge on any atom is 0.291 e. The fourth-order valence-corrected chi connectivity index (χ4v) is 3.28. The molecule has 0 aliphatic carbocycles. The number of aryl methyl sites for hydroxylation is 1. The number of aliphatic imine (C=N–C) groups is 1. The zero-order chi connectivity index (χ0) is 18.4. The molecule has 0 saturated heterocycles. The minimum atomic E-state index is -0.655. The van der Waals surface area contributed by atoms with Gasteiger partial charge in [-0.3, -0.25) is 14.9 Å². The number of carbonyl (C=O) groups excluding carboxylic acids is 1. The molecule has 2 aliphatic rings. The van der Waals surface area contributed by atoms with Crippen LogP contribution in [0.3, 0.4) is 0 Å². The first kappa shape index (κ1) is 15.7. The molecule has 2 aromatic rings. The van der Waals surface area contributed by atoms with Gasteiger partial charge in [-0.05, 0) is 24.1 Å². The van der Waals surface area contributed by atoms with Crippen molar-refractivity contribution in [1.29, 1.82) is 5.26 Å². The van der Waals surface area contributed by atoms with Crippen LogP contribution in [0.25, 0.3) is 0 Å². The monoisotopic (exact) mass is 345 g/mol. The van der Waals surface area contributed by atoms with Crippen molar-refractivity contribution in [3.8, 4) is 11.8 Å². The largest absolute Gasteiger partial charge is 0.438 e. The van der Waals surface area contributed by atoms with E-state index < -0.39 is 16.7 Å². The Balaban J connectivity index is 2.01. The van der Waals surface area contributed by atoms with Gasteiger partial charge in [0.2, 0.25) is 5.90 Å². The highest BCUT2D eigenvalue weighted by Gasteiger charge is 2.40. The highest BCUT2D eigenvalue weighted by Crippen LogP contribution is 2.45. The van der Waals surface area contributed by atoms with E-state index >= 15 is 0 Å². The fraction of sp³-hybridized carbons (Fsp3) is 0.105. The number of hydrogen-bond acceptors (Lipinski definition) is 5. The third-order valence-electron chi connectivity index (χ3n) is 4.42. The van der Waals surface area contributed by atoms with Gasteiger partial charge in [0.25, 0.3) is 11.6 Å². The molecule has 0 N–H and O–H groups in total. The van der Waals surface area contributed by atoms with Gasteiger partial charge in [-0.25, -0.2) is 0 Å². The van der Waals surface area contributed by atoms with E-state index in [0.29, 0.717) is 16.9 Å². The van der Waals surface area contributed by atoms with Crippen molar-refractivity contribution in [2.24, 2.45) is 4.99 Å². The Labute approximate surface area is 148 Å². The predicted molar refractivity (Wildman–Crippen MR) is 91.8 cm³/mol. The van der Waals surface area contributed by atoms with Crippen molar-refractivity contribution in [3.05, 3.63) is 80.4 Å². The molecule has 0 bridgehead atoms. The Hall–Kier alpha value is -3.79. The second kappa shape index (κ2) is 5.63. The van der Waals surface area contributed by atoms with Crippen molar-refractivity contribution in [2.45, 2.75) is 12.8 Å². The average Bonchev–Trinajstić information content (AvgIpc) is 2.94. The summed E-state index contributed by atoms with van der Waals surface area (Å²) in [6.45, 7) is 1.90. The van der Waals surface area contributed by atoms with Gasteiger partial charge >= 0.3 is 0 Å². The zero-order valence-electron chi connectivity index (χ0n) is 13.6. The number of amides is 1. The van der Waals surface area contributed by atoms with Gasteiger partial charge in [-0.15, -0.1) is 0 Å². The predicted octanol–water partition coefficient (Wildman–Crippen LogP) is 3.19. The summed E-state index contributed by atoms with van der Waals surface area (Å²) in [7, 11) is 0. The Morgan fingerprint density at radius 2 is 2.08 bits per heavy atom. The van der Waals surface area contributed by atoms with Crippen LogP contribution < -0.4 is 4.74 Å². The van der Waals surface area contributed by atoms with Crippen LogP contribution in [0.2, 0.25) is 0 Å². The third kappa shape index (κ3) is 2.28. The van der Waals surface area contributed by atoms with Crippen LogP contribution in [-0.2, 0) is 4.79 Å². The van der Waals surface area contributed by atoms with E-state index in [9.17, 15) is 20.2 Å². The number of nitriles is 1. The van der Waals surface area contributed by atoms with E-state index in [1.54, 1.807) is 12.1 Å². The van der Waals surface area contributed by atoms with Crippen LogP contribution >= 0.6 is 0 Å². The minimum Gasteiger partial charge on any atom is -0.438 e. The summed E-state index contributed by atoms with van der Waals surface area (Å²) in [4.78, 5) is 26.6. The topological polar surface area (TPSA) is 106 Å². The van der Waals surface area contributed by atoms with Crippen molar-refractivity contribution < 1.29 is 14.5 Å². The van der Waals surface area contributed by atoms with Crippen LogP contribution in [0.5, 0.6) is 5.75 Å². The molecule has 1 amide bonds. The normalized spacial score (nSPS) is 17.8. The number of rotatable bonds is 2. The summed E-state index contributed by atoms with van der Waals surface area (Å²) in [5, 5.41) is 20.6. The van der Waals surface area contributed by atoms with Crippen LogP contribution in [0.4, 0.5) is 5.69 Å². The summed E-state index contributed by atoms with van der Waals surface area (Å²) in [6, 6.07) is 13.6. The number of fused-ring (bicyclic) bond motifs is 2. The molecular weight excluding hydrogens is 334 g/mol. The van der Waals surface area contributed by atoms with Crippen LogP contribution in [0, 0.1) is 28.4 Å². The second-order valence-corrected chi connectivity index (χ2v) is 6.05.